The maximum atomic E-state index is 13.5. The summed E-state index contributed by atoms with van der Waals surface area (Å²) in [5, 5.41) is 8.67. The van der Waals surface area contributed by atoms with Crippen LogP contribution in [0.1, 0.15) is 6.92 Å². The van der Waals surface area contributed by atoms with Crippen LogP contribution in [-0.2, 0) is 14.8 Å². The summed E-state index contributed by atoms with van der Waals surface area (Å²) in [5.74, 6) is -10.4. The normalized spacial score (nSPS) is 13.5. The number of carboxylic acids is 1. The van der Waals surface area contributed by atoms with E-state index in [-0.39, 0.29) is 6.07 Å². The van der Waals surface area contributed by atoms with Gasteiger partial charge < -0.3 is 5.11 Å². The number of carbonyl (C=O) groups is 1. The van der Waals surface area contributed by atoms with Crippen LogP contribution in [0.2, 0.25) is 0 Å². The number of aliphatic carboxylic acids is 1. The predicted molar refractivity (Wildman–Crippen MR) is 62.9 cm³/mol. The van der Waals surface area contributed by atoms with Crippen molar-refractivity contribution in [3.63, 3.8) is 0 Å². The van der Waals surface area contributed by atoms with Gasteiger partial charge in [0.05, 0.1) is 5.92 Å². The molecule has 1 aromatic carbocycles. The molecule has 0 heterocycles. The van der Waals surface area contributed by atoms with Gasteiger partial charge in [-0.1, -0.05) is 6.92 Å². The summed E-state index contributed by atoms with van der Waals surface area (Å²) in [6, 6.07) is -0.121. The standard InChI is InChI=1S/C11H11F4NO4S/c1-5(11(17)18)4-16(2)21(19,20)10-8(14)6(12)3-7(13)9(10)15/h3,5H,4H2,1-2H3,(H,17,18). The first-order valence-electron chi connectivity index (χ1n) is 5.52. The van der Waals surface area contributed by atoms with Crippen LogP contribution in [0.25, 0.3) is 0 Å². The molecule has 118 valence electrons. The van der Waals surface area contributed by atoms with Gasteiger partial charge in [-0.05, 0) is 0 Å². The van der Waals surface area contributed by atoms with Gasteiger partial charge in [0.1, 0.15) is 0 Å². The summed E-state index contributed by atoms with van der Waals surface area (Å²) in [6.45, 7) is 0.530. The molecule has 0 aliphatic heterocycles. The van der Waals surface area contributed by atoms with Crippen molar-refractivity contribution in [2.24, 2.45) is 5.92 Å². The summed E-state index contributed by atoms with van der Waals surface area (Å²) in [7, 11) is -4.09. The number of benzene rings is 1. The van der Waals surface area contributed by atoms with E-state index in [0.29, 0.717) is 4.31 Å². The second kappa shape index (κ2) is 5.98. The van der Waals surface area contributed by atoms with Crippen molar-refractivity contribution in [3.05, 3.63) is 29.3 Å². The number of nitrogens with zero attached hydrogens (tertiary/aromatic N) is 1. The quantitative estimate of drug-likeness (QED) is 0.657. The molecule has 0 saturated carbocycles. The van der Waals surface area contributed by atoms with E-state index in [2.05, 4.69) is 0 Å². The number of hydrogen-bond donors (Lipinski definition) is 1. The Kier molecular flexibility index (Phi) is 4.95. The maximum Gasteiger partial charge on any atom is 0.307 e. The van der Waals surface area contributed by atoms with Crippen LogP contribution in [0, 0.1) is 29.2 Å². The molecule has 0 saturated heterocycles. The molecule has 5 nitrogen and oxygen atoms in total. The summed E-state index contributed by atoms with van der Waals surface area (Å²) >= 11 is 0. The molecule has 1 rings (SSSR count). The summed E-state index contributed by atoms with van der Waals surface area (Å²) in [6.07, 6.45) is 0. The van der Waals surface area contributed by atoms with E-state index in [9.17, 15) is 30.8 Å². The van der Waals surface area contributed by atoms with Crippen LogP contribution in [-0.4, -0.2) is 37.4 Å². The summed E-state index contributed by atoms with van der Waals surface area (Å²) < 4.78 is 77.3. The third-order valence-corrected chi connectivity index (χ3v) is 4.54. The largest absolute Gasteiger partial charge is 0.481 e. The van der Waals surface area contributed by atoms with Crippen molar-refractivity contribution in [2.45, 2.75) is 11.8 Å². The Labute approximate surface area is 117 Å². The SMILES string of the molecule is CC(CN(C)S(=O)(=O)c1c(F)c(F)cc(F)c1F)C(=O)O. The summed E-state index contributed by atoms with van der Waals surface area (Å²) in [4.78, 5) is 8.86. The topological polar surface area (TPSA) is 74.7 Å². The van der Waals surface area contributed by atoms with Crippen molar-refractivity contribution >= 4 is 16.0 Å². The van der Waals surface area contributed by atoms with Gasteiger partial charge in [0, 0.05) is 19.7 Å². The average Bonchev–Trinajstić information content (AvgIpc) is 2.36. The third kappa shape index (κ3) is 3.32. The lowest BCUT2D eigenvalue weighted by Crippen LogP contribution is -2.35. The van der Waals surface area contributed by atoms with Gasteiger partial charge in [0.25, 0.3) is 0 Å². The lowest BCUT2D eigenvalue weighted by molar-refractivity contribution is -0.141. The fraction of sp³-hybridized carbons (Fsp3) is 0.364. The predicted octanol–water partition coefficient (Wildman–Crippen LogP) is 1.58. The van der Waals surface area contributed by atoms with Crippen LogP contribution >= 0.6 is 0 Å². The Morgan fingerprint density at radius 3 is 2.05 bits per heavy atom. The molecule has 1 aromatic rings. The highest BCUT2D eigenvalue weighted by Gasteiger charge is 2.34. The first-order chi connectivity index (χ1) is 9.50. The lowest BCUT2D eigenvalue weighted by atomic mass is 10.2. The Morgan fingerprint density at radius 1 is 1.24 bits per heavy atom. The smallest absolute Gasteiger partial charge is 0.307 e. The van der Waals surface area contributed by atoms with Crippen molar-refractivity contribution in [3.8, 4) is 0 Å². The monoisotopic (exact) mass is 329 g/mol. The molecule has 0 aliphatic rings. The molecule has 1 atom stereocenters. The van der Waals surface area contributed by atoms with E-state index in [0.717, 1.165) is 14.0 Å². The second-order valence-electron chi connectivity index (χ2n) is 4.32. The van der Waals surface area contributed by atoms with Crippen LogP contribution in [0.15, 0.2) is 11.0 Å². The summed E-state index contributed by atoms with van der Waals surface area (Å²) in [5.41, 5.74) is 0. The molecule has 0 fully saturated rings. The fourth-order valence-electron chi connectivity index (χ4n) is 1.50. The highest BCUT2D eigenvalue weighted by Crippen LogP contribution is 2.26. The molecule has 0 bridgehead atoms. The highest BCUT2D eigenvalue weighted by molar-refractivity contribution is 7.89. The number of hydrogen-bond acceptors (Lipinski definition) is 3. The number of halogens is 4. The van der Waals surface area contributed by atoms with E-state index in [1.54, 1.807) is 0 Å². The van der Waals surface area contributed by atoms with Crippen molar-refractivity contribution < 1.29 is 35.9 Å². The zero-order valence-corrected chi connectivity index (χ0v) is 11.7. The molecule has 0 aliphatic carbocycles. The van der Waals surface area contributed by atoms with E-state index in [1.165, 1.54) is 0 Å². The molecule has 1 N–H and O–H groups in total. The minimum Gasteiger partial charge on any atom is -0.481 e. The number of rotatable bonds is 5. The van der Waals surface area contributed by atoms with Gasteiger partial charge in [0.15, 0.2) is 28.2 Å². The van der Waals surface area contributed by atoms with Crippen molar-refractivity contribution in [1.82, 2.24) is 4.31 Å². The first-order valence-corrected chi connectivity index (χ1v) is 6.96. The van der Waals surface area contributed by atoms with E-state index < -0.39 is 56.6 Å². The number of sulfonamides is 1. The Bertz CT molecular complexity index is 651. The van der Waals surface area contributed by atoms with Gasteiger partial charge in [-0.2, -0.15) is 4.31 Å². The fourth-order valence-corrected chi connectivity index (χ4v) is 2.87. The Morgan fingerprint density at radius 2 is 1.67 bits per heavy atom. The van der Waals surface area contributed by atoms with Crippen molar-refractivity contribution in [1.29, 1.82) is 0 Å². The van der Waals surface area contributed by atoms with Gasteiger partial charge >= 0.3 is 5.97 Å². The first kappa shape index (κ1) is 17.4. The zero-order valence-electron chi connectivity index (χ0n) is 10.9. The van der Waals surface area contributed by atoms with Crippen LogP contribution in [0.4, 0.5) is 17.6 Å². The molecule has 0 amide bonds. The van der Waals surface area contributed by atoms with E-state index in [4.69, 9.17) is 5.11 Å². The molecule has 10 heteroatoms. The molecular weight excluding hydrogens is 318 g/mol. The molecule has 0 spiro atoms. The molecule has 21 heavy (non-hydrogen) atoms. The highest BCUT2D eigenvalue weighted by atomic mass is 32.2. The van der Waals surface area contributed by atoms with Gasteiger partial charge in [-0.3, -0.25) is 4.79 Å². The lowest BCUT2D eigenvalue weighted by Gasteiger charge is -2.20. The molecule has 0 aromatic heterocycles. The maximum absolute atomic E-state index is 13.5. The molecular formula is C11H11F4NO4S. The van der Waals surface area contributed by atoms with Gasteiger partial charge in [0.2, 0.25) is 10.0 Å². The van der Waals surface area contributed by atoms with E-state index >= 15 is 0 Å². The Balaban J connectivity index is 3.35. The van der Waals surface area contributed by atoms with Crippen LogP contribution in [0.3, 0.4) is 0 Å². The Hall–Kier alpha value is -1.68. The second-order valence-corrected chi connectivity index (χ2v) is 6.30. The molecule has 1 unspecified atom stereocenters. The zero-order chi connectivity index (χ0) is 16.5. The minimum atomic E-state index is -4.93. The van der Waals surface area contributed by atoms with Crippen LogP contribution in [0.5, 0.6) is 0 Å². The van der Waals surface area contributed by atoms with Crippen molar-refractivity contribution in [2.75, 3.05) is 13.6 Å². The number of carboxylic acid groups (broad SMARTS) is 1. The van der Waals surface area contributed by atoms with Gasteiger partial charge in [-0.25, -0.2) is 26.0 Å². The third-order valence-electron chi connectivity index (χ3n) is 2.69. The average molecular weight is 329 g/mol. The van der Waals surface area contributed by atoms with Gasteiger partial charge in [-0.15, -0.1) is 0 Å². The minimum absolute atomic E-state index is 0.121. The van der Waals surface area contributed by atoms with E-state index in [1.807, 2.05) is 0 Å². The molecule has 0 radical (unpaired) electrons. The van der Waals surface area contributed by atoms with Crippen LogP contribution < -0.4 is 0 Å².